The van der Waals surface area contributed by atoms with Crippen LogP contribution in [0.4, 0.5) is 14.9 Å². The van der Waals surface area contributed by atoms with Gasteiger partial charge in [-0.05, 0) is 48.7 Å². The Hall–Kier alpha value is -2.60. The number of carbonyl (C=O) groups is 2. The number of rotatable bonds is 5. The van der Waals surface area contributed by atoms with Gasteiger partial charge in [0.15, 0.2) is 0 Å². The van der Waals surface area contributed by atoms with Gasteiger partial charge in [-0.15, -0.1) is 0 Å². The normalized spacial score (nSPS) is 17.6. The van der Waals surface area contributed by atoms with E-state index in [0.29, 0.717) is 36.0 Å². The Kier molecular flexibility index (Phi) is 4.52. The summed E-state index contributed by atoms with van der Waals surface area (Å²) in [6.07, 6.45) is 1.37. The lowest BCUT2D eigenvalue weighted by molar-refractivity contribution is 0.0949. The number of anilines is 1. The second-order valence-electron chi connectivity index (χ2n) is 6.90. The van der Waals surface area contributed by atoms with E-state index in [4.69, 9.17) is 16.3 Å². The Bertz CT molecular complexity index is 914. The molecule has 2 fully saturated rings. The number of nitrogens with one attached hydrogen (secondary N) is 1. The Morgan fingerprint density at radius 2 is 2.07 bits per heavy atom. The fourth-order valence-corrected chi connectivity index (χ4v) is 3.77. The molecule has 0 aromatic heterocycles. The molecular formula is C20H18ClFN2O3. The van der Waals surface area contributed by atoms with E-state index in [1.807, 2.05) is 0 Å². The average Bonchev–Trinajstić information content (AvgIpc) is 3.32. The van der Waals surface area contributed by atoms with Crippen LogP contribution in [-0.2, 0) is 10.2 Å². The van der Waals surface area contributed by atoms with Crippen molar-refractivity contribution in [2.75, 3.05) is 24.6 Å². The lowest BCUT2D eigenvalue weighted by Crippen LogP contribution is -2.32. The van der Waals surface area contributed by atoms with Crippen molar-refractivity contribution in [1.82, 2.24) is 5.32 Å². The third kappa shape index (κ3) is 3.49. The predicted molar refractivity (Wildman–Crippen MR) is 99.8 cm³/mol. The summed E-state index contributed by atoms with van der Waals surface area (Å²) in [5, 5.41) is 3.33. The first-order valence-corrected chi connectivity index (χ1v) is 9.14. The van der Waals surface area contributed by atoms with E-state index in [1.165, 1.54) is 17.0 Å². The van der Waals surface area contributed by atoms with Crippen molar-refractivity contribution in [3.05, 3.63) is 64.4 Å². The maximum absolute atomic E-state index is 13.3. The summed E-state index contributed by atoms with van der Waals surface area (Å²) in [7, 11) is 0. The molecule has 0 unspecified atom stereocenters. The van der Waals surface area contributed by atoms with Crippen molar-refractivity contribution in [3.63, 3.8) is 0 Å². The average molecular weight is 389 g/mol. The quantitative estimate of drug-likeness (QED) is 0.845. The minimum atomic E-state index is -0.407. The van der Waals surface area contributed by atoms with Crippen molar-refractivity contribution in [2.45, 2.75) is 18.3 Å². The fourth-order valence-electron chi connectivity index (χ4n) is 3.41. The second-order valence-corrected chi connectivity index (χ2v) is 7.31. The first-order valence-electron chi connectivity index (χ1n) is 8.77. The smallest absolute Gasteiger partial charge is 0.414 e. The highest BCUT2D eigenvalue weighted by atomic mass is 35.5. The van der Waals surface area contributed by atoms with Gasteiger partial charge < -0.3 is 10.1 Å². The van der Waals surface area contributed by atoms with Crippen LogP contribution in [0.3, 0.4) is 0 Å². The molecule has 1 N–H and O–H groups in total. The van der Waals surface area contributed by atoms with E-state index in [2.05, 4.69) is 5.32 Å². The number of amides is 2. The minimum Gasteiger partial charge on any atom is -0.447 e. The highest BCUT2D eigenvalue weighted by Gasteiger charge is 2.45. The molecule has 7 heteroatoms. The number of hydrogen-bond acceptors (Lipinski definition) is 3. The van der Waals surface area contributed by atoms with Crippen molar-refractivity contribution in [1.29, 1.82) is 0 Å². The van der Waals surface area contributed by atoms with Crippen molar-refractivity contribution in [3.8, 4) is 0 Å². The zero-order valence-corrected chi connectivity index (χ0v) is 15.3. The number of halogens is 2. The zero-order chi connectivity index (χ0) is 19.0. The summed E-state index contributed by atoms with van der Waals surface area (Å²) in [6, 6.07) is 11.3. The number of carbonyl (C=O) groups excluding carboxylic acids is 2. The van der Waals surface area contributed by atoms with Crippen molar-refractivity contribution in [2.24, 2.45) is 0 Å². The SMILES string of the molecule is O=C(NCC1(c2ccc(F)cc2Cl)CC1)c1cccc(N2CCOC2=O)c1. The Morgan fingerprint density at radius 3 is 2.74 bits per heavy atom. The van der Waals surface area contributed by atoms with E-state index in [-0.39, 0.29) is 17.1 Å². The third-order valence-electron chi connectivity index (χ3n) is 5.12. The number of cyclic esters (lactones) is 1. The molecule has 0 spiro atoms. The van der Waals surface area contributed by atoms with E-state index < -0.39 is 6.09 Å². The van der Waals surface area contributed by atoms with Crippen LogP contribution in [0.25, 0.3) is 0 Å². The Balaban J connectivity index is 1.46. The van der Waals surface area contributed by atoms with Crippen LogP contribution in [0.1, 0.15) is 28.8 Å². The number of nitrogens with zero attached hydrogens (tertiary/aromatic N) is 1. The van der Waals surface area contributed by atoms with Gasteiger partial charge in [0.1, 0.15) is 12.4 Å². The molecule has 140 valence electrons. The maximum Gasteiger partial charge on any atom is 0.414 e. The highest BCUT2D eigenvalue weighted by molar-refractivity contribution is 6.31. The van der Waals surface area contributed by atoms with Gasteiger partial charge >= 0.3 is 6.09 Å². The molecule has 1 saturated carbocycles. The first-order chi connectivity index (χ1) is 13.0. The van der Waals surface area contributed by atoms with Crippen LogP contribution in [0, 0.1) is 5.82 Å². The number of benzene rings is 2. The van der Waals surface area contributed by atoms with Crippen LogP contribution < -0.4 is 10.2 Å². The van der Waals surface area contributed by atoms with Gasteiger partial charge in [0.2, 0.25) is 0 Å². The number of hydrogen-bond donors (Lipinski definition) is 1. The van der Waals surface area contributed by atoms with Gasteiger partial charge in [0.05, 0.1) is 6.54 Å². The molecule has 2 amide bonds. The molecule has 2 aromatic rings. The lowest BCUT2D eigenvalue weighted by atomic mass is 9.95. The summed E-state index contributed by atoms with van der Waals surface area (Å²) in [5.41, 5.74) is 1.72. The topological polar surface area (TPSA) is 58.6 Å². The summed E-state index contributed by atoms with van der Waals surface area (Å²) in [5.74, 6) is -0.602. The van der Waals surface area contributed by atoms with Gasteiger partial charge in [-0.3, -0.25) is 9.69 Å². The van der Waals surface area contributed by atoms with Gasteiger partial charge in [0.25, 0.3) is 5.91 Å². The van der Waals surface area contributed by atoms with Crippen molar-refractivity contribution < 1.29 is 18.7 Å². The molecule has 0 bridgehead atoms. The summed E-state index contributed by atoms with van der Waals surface area (Å²) in [6.45, 7) is 1.24. The van der Waals surface area contributed by atoms with Crippen molar-refractivity contribution >= 4 is 29.3 Å². The molecule has 4 rings (SSSR count). The monoisotopic (exact) mass is 388 g/mol. The summed E-state index contributed by atoms with van der Waals surface area (Å²) in [4.78, 5) is 25.8. The van der Waals surface area contributed by atoms with Gasteiger partial charge in [-0.25, -0.2) is 9.18 Å². The molecular weight excluding hydrogens is 371 g/mol. The largest absolute Gasteiger partial charge is 0.447 e. The van der Waals surface area contributed by atoms with E-state index in [1.54, 1.807) is 30.3 Å². The van der Waals surface area contributed by atoms with Gasteiger partial charge in [0, 0.05) is 28.2 Å². The summed E-state index contributed by atoms with van der Waals surface area (Å²) >= 11 is 6.19. The van der Waals surface area contributed by atoms with E-state index in [0.717, 1.165) is 18.4 Å². The minimum absolute atomic E-state index is 0.228. The highest BCUT2D eigenvalue weighted by Crippen LogP contribution is 2.50. The molecule has 1 heterocycles. The molecule has 1 aliphatic heterocycles. The van der Waals surface area contributed by atoms with Crippen LogP contribution in [0.2, 0.25) is 5.02 Å². The second kappa shape index (κ2) is 6.85. The van der Waals surface area contributed by atoms with E-state index in [9.17, 15) is 14.0 Å². The predicted octanol–water partition coefficient (Wildman–Crippen LogP) is 3.90. The molecule has 0 radical (unpaired) electrons. The standard InChI is InChI=1S/C20H18ClFN2O3/c21-17-11-14(22)4-5-16(17)20(6-7-20)12-23-18(25)13-2-1-3-15(10-13)24-8-9-27-19(24)26/h1-5,10-11H,6-9,12H2,(H,23,25). The fraction of sp³-hybridized carbons (Fsp3) is 0.300. The maximum atomic E-state index is 13.3. The van der Waals surface area contributed by atoms with Crippen LogP contribution >= 0.6 is 11.6 Å². The molecule has 2 aromatic carbocycles. The molecule has 1 saturated heterocycles. The van der Waals surface area contributed by atoms with Gasteiger partial charge in [-0.1, -0.05) is 23.7 Å². The van der Waals surface area contributed by atoms with E-state index >= 15 is 0 Å². The number of ether oxygens (including phenoxy) is 1. The molecule has 0 atom stereocenters. The molecule has 27 heavy (non-hydrogen) atoms. The zero-order valence-electron chi connectivity index (χ0n) is 14.5. The van der Waals surface area contributed by atoms with Gasteiger partial charge in [-0.2, -0.15) is 0 Å². The van der Waals surface area contributed by atoms with Crippen LogP contribution in [-0.4, -0.2) is 31.7 Å². The molecule has 5 nitrogen and oxygen atoms in total. The Morgan fingerprint density at radius 1 is 1.26 bits per heavy atom. The molecule has 2 aliphatic rings. The third-order valence-corrected chi connectivity index (χ3v) is 5.44. The first kappa shape index (κ1) is 17.8. The lowest BCUT2D eigenvalue weighted by Gasteiger charge is -2.19. The molecule has 1 aliphatic carbocycles. The van der Waals surface area contributed by atoms with Crippen LogP contribution in [0.5, 0.6) is 0 Å². The Labute approximate surface area is 161 Å². The summed E-state index contributed by atoms with van der Waals surface area (Å²) < 4.78 is 18.2. The van der Waals surface area contributed by atoms with Crippen LogP contribution in [0.15, 0.2) is 42.5 Å².